The first-order valence-corrected chi connectivity index (χ1v) is 8.87. The second kappa shape index (κ2) is 9.04. The highest BCUT2D eigenvalue weighted by Gasteiger charge is 2.30. The Bertz CT molecular complexity index is 494. The van der Waals surface area contributed by atoms with E-state index in [4.69, 9.17) is 9.47 Å². The predicted octanol–water partition coefficient (Wildman–Crippen LogP) is 3.27. The molecular formula is C19H30N2O3. The van der Waals surface area contributed by atoms with Gasteiger partial charge in [-0.05, 0) is 24.8 Å². The molecule has 2 amide bonds. The minimum atomic E-state index is -0.277. The van der Waals surface area contributed by atoms with Crippen LogP contribution in [0.1, 0.15) is 44.8 Å². The first-order valence-electron chi connectivity index (χ1n) is 8.87. The van der Waals surface area contributed by atoms with Crippen molar-refractivity contribution in [2.75, 3.05) is 26.8 Å². The van der Waals surface area contributed by atoms with Crippen LogP contribution in [0.4, 0.5) is 4.79 Å². The zero-order valence-electron chi connectivity index (χ0n) is 15.0. The average Bonchev–Trinajstić information content (AvgIpc) is 3.11. The van der Waals surface area contributed by atoms with Crippen molar-refractivity contribution in [2.24, 2.45) is 5.92 Å². The van der Waals surface area contributed by atoms with Crippen molar-refractivity contribution in [1.82, 2.24) is 10.6 Å². The Kier molecular flexibility index (Phi) is 7.06. The fourth-order valence-electron chi connectivity index (χ4n) is 3.24. The zero-order chi connectivity index (χ0) is 17.4. The summed E-state index contributed by atoms with van der Waals surface area (Å²) in [5.74, 6) is 0.308. The van der Waals surface area contributed by atoms with Gasteiger partial charge in [-0.15, -0.1) is 0 Å². The number of methoxy groups -OCH3 is 1. The maximum absolute atomic E-state index is 12.1. The van der Waals surface area contributed by atoms with E-state index in [1.54, 1.807) is 7.11 Å². The van der Waals surface area contributed by atoms with E-state index in [0.29, 0.717) is 19.0 Å². The Hall–Kier alpha value is -1.59. The van der Waals surface area contributed by atoms with Crippen molar-refractivity contribution in [3.8, 4) is 0 Å². The van der Waals surface area contributed by atoms with Crippen molar-refractivity contribution in [3.63, 3.8) is 0 Å². The molecule has 1 heterocycles. The molecule has 2 atom stereocenters. The number of hydrogen-bond acceptors (Lipinski definition) is 3. The second-order valence-corrected chi connectivity index (χ2v) is 6.41. The van der Waals surface area contributed by atoms with Crippen molar-refractivity contribution in [2.45, 2.75) is 44.8 Å². The molecular weight excluding hydrogens is 304 g/mol. The highest BCUT2D eigenvalue weighted by molar-refractivity contribution is 5.73. The molecule has 1 aliphatic heterocycles. The number of urea groups is 1. The van der Waals surface area contributed by atoms with Crippen molar-refractivity contribution in [1.29, 1.82) is 0 Å². The first kappa shape index (κ1) is 18.7. The topological polar surface area (TPSA) is 59.6 Å². The molecule has 0 spiro atoms. The molecule has 24 heavy (non-hydrogen) atoms. The molecule has 0 saturated carbocycles. The molecule has 5 nitrogen and oxygen atoms in total. The van der Waals surface area contributed by atoms with E-state index in [-0.39, 0.29) is 17.7 Å². The van der Waals surface area contributed by atoms with Gasteiger partial charge in [-0.25, -0.2) is 4.79 Å². The summed E-state index contributed by atoms with van der Waals surface area (Å²) >= 11 is 0. The van der Waals surface area contributed by atoms with Crippen LogP contribution in [-0.2, 0) is 9.47 Å². The summed E-state index contributed by atoms with van der Waals surface area (Å²) in [6.45, 7) is 6.03. The van der Waals surface area contributed by atoms with Gasteiger partial charge < -0.3 is 20.1 Å². The van der Waals surface area contributed by atoms with Gasteiger partial charge in [0, 0.05) is 32.7 Å². The van der Waals surface area contributed by atoms with Crippen LogP contribution in [0.25, 0.3) is 0 Å². The highest BCUT2D eigenvalue weighted by Crippen LogP contribution is 2.33. The lowest BCUT2D eigenvalue weighted by atomic mass is 9.95. The predicted molar refractivity (Wildman–Crippen MR) is 95.0 cm³/mol. The summed E-state index contributed by atoms with van der Waals surface area (Å²) < 4.78 is 11.4. The third-order valence-corrected chi connectivity index (χ3v) is 5.16. The van der Waals surface area contributed by atoms with E-state index < -0.39 is 0 Å². The van der Waals surface area contributed by atoms with Gasteiger partial charge in [0.25, 0.3) is 0 Å². The van der Waals surface area contributed by atoms with Crippen LogP contribution >= 0.6 is 0 Å². The molecule has 1 aromatic carbocycles. The van der Waals surface area contributed by atoms with Crippen molar-refractivity contribution in [3.05, 3.63) is 35.9 Å². The van der Waals surface area contributed by atoms with E-state index in [9.17, 15) is 4.79 Å². The third-order valence-electron chi connectivity index (χ3n) is 5.16. The van der Waals surface area contributed by atoms with Gasteiger partial charge in [0.2, 0.25) is 0 Å². The van der Waals surface area contributed by atoms with Gasteiger partial charge in [0.15, 0.2) is 0 Å². The van der Waals surface area contributed by atoms with Gasteiger partial charge >= 0.3 is 6.03 Å². The highest BCUT2D eigenvalue weighted by atomic mass is 16.5. The SMILES string of the molecule is CCC(CC)(CNC(=O)NC[C@H]1CCO[C@@H]1c1ccccc1)OC. The number of ether oxygens (including phenoxy) is 2. The normalized spacial score (nSPS) is 20.8. The van der Waals surface area contributed by atoms with Crippen LogP contribution in [-0.4, -0.2) is 38.4 Å². The molecule has 134 valence electrons. The Morgan fingerprint density at radius 3 is 2.58 bits per heavy atom. The minimum Gasteiger partial charge on any atom is -0.376 e. The fraction of sp³-hybridized carbons (Fsp3) is 0.632. The van der Waals surface area contributed by atoms with E-state index in [1.807, 2.05) is 18.2 Å². The number of nitrogens with one attached hydrogen (secondary N) is 2. The summed E-state index contributed by atoms with van der Waals surface area (Å²) in [7, 11) is 1.70. The Morgan fingerprint density at radius 2 is 1.96 bits per heavy atom. The van der Waals surface area contributed by atoms with E-state index in [2.05, 4.69) is 36.6 Å². The van der Waals surface area contributed by atoms with Crippen molar-refractivity contribution < 1.29 is 14.3 Å². The lowest BCUT2D eigenvalue weighted by molar-refractivity contribution is -0.0135. The van der Waals surface area contributed by atoms with Crippen LogP contribution < -0.4 is 10.6 Å². The maximum Gasteiger partial charge on any atom is 0.314 e. The molecule has 0 aromatic heterocycles. The van der Waals surface area contributed by atoms with Gasteiger partial charge in [0.1, 0.15) is 0 Å². The molecule has 5 heteroatoms. The lowest BCUT2D eigenvalue weighted by Crippen LogP contribution is -2.47. The van der Waals surface area contributed by atoms with E-state index in [0.717, 1.165) is 25.9 Å². The number of carbonyl (C=O) groups excluding carboxylic acids is 1. The largest absolute Gasteiger partial charge is 0.376 e. The average molecular weight is 334 g/mol. The monoisotopic (exact) mass is 334 g/mol. The Balaban J connectivity index is 1.81. The molecule has 2 N–H and O–H groups in total. The minimum absolute atomic E-state index is 0.0656. The number of amides is 2. The third kappa shape index (κ3) is 4.71. The molecule has 0 radical (unpaired) electrons. The van der Waals surface area contributed by atoms with Crippen LogP contribution in [0.15, 0.2) is 30.3 Å². The van der Waals surface area contributed by atoms with Crippen molar-refractivity contribution >= 4 is 6.03 Å². The Morgan fingerprint density at radius 1 is 1.25 bits per heavy atom. The smallest absolute Gasteiger partial charge is 0.314 e. The van der Waals surface area contributed by atoms with Gasteiger partial charge in [0.05, 0.1) is 11.7 Å². The number of benzene rings is 1. The van der Waals surface area contributed by atoms with Crippen LogP contribution in [0.2, 0.25) is 0 Å². The second-order valence-electron chi connectivity index (χ2n) is 6.41. The number of rotatable bonds is 8. The summed E-state index contributed by atoms with van der Waals surface area (Å²) in [4.78, 5) is 12.1. The molecule has 1 fully saturated rings. The van der Waals surface area contributed by atoms with Gasteiger partial charge in [-0.3, -0.25) is 0 Å². The zero-order valence-corrected chi connectivity index (χ0v) is 15.0. The number of hydrogen-bond donors (Lipinski definition) is 2. The van der Waals surface area contributed by atoms with E-state index in [1.165, 1.54) is 5.56 Å². The maximum atomic E-state index is 12.1. The molecule has 1 aromatic rings. The summed E-state index contributed by atoms with van der Waals surface area (Å²) in [6, 6.07) is 10.1. The molecule has 2 rings (SSSR count). The van der Waals surface area contributed by atoms with Crippen LogP contribution in [0.3, 0.4) is 0 Å². The van der Waals surface area contributed by atoms with Gasteiger partial charge in [-0.1, -0.05) is 44.2 Å². The summed E-state index contributed by atoms with van der Waals surface area (Å²) in [6.07, 6.45) is 2.77. The number of carbonyl (C=O) groups is 1. The van der Waals surface area contributed by atoms with Gasteiger partial charge in [-0.2, -0.15) is 0 Å². The standard InChI is InChI=1S/C19H30N2O3/c1-4-19(5-2,23-3)14-21-18(22)20-13-16-11-12-24-17(16)15-9-7-6-8-10-15/h6-10,16-17H,4-5,11-14H2,1-3H3,(H2,20,21,22)/t16-,17-/m1/s1. The van der Waals surface area contributed by atoms with E-state index >= 15 is 0 Å². The molecule has 1 aliphatic rings. The van der Waals surface area contributed by atoms with Crippen LogP contribution in [0, 0.1) is 5.92 Å². The quantitative estimate of drug-likeness (QED) is 0.767. The molecule has 0 unspecified atom stereocenters. The Labute approximate surface area is 145 Å². The summed E-state index contributed by atoms with van der Waals surface area (Å²) in [5, 5.41) is 5.92. The molecule has 0 bridgehead atoms. The lowest BCUT2D eigenvalue weighted by Gasteiger charge is -2.30. The summed E-state index contributed by atoms with van der Waals surface area (Å²) in [5.41, 5.74) is 0.901. The molecule has 0 aliphatic carbocycles. The molecule has 1 saturated heterocycles. The first-order chi connectivity index (χ1) is 11.6. The fourth-order valence-corrected chi connectivity index (χ4v) is 3.24. The van der Waals surface area contributed by atoms with Crippen LogP contribution in [0.5, 0.6) is 0 Å².